The Balaban J connectivity index is 1.39. The lowest BCUT2D eigenvalue weighted by Crippen LogP contribution is -2.18. The van der Waals surface area contributed by atoms with Crippen LogP contribution in [0.3, 0.4) is 0 Å². The maximum atomic E-state index is 13.6. The second-order valence-electron chi connectivity index (χ2n) is 11.4. The molecule has 3 aromatic rings. The number of allylic oxidation sites excluding steroid dienone is 2. The molecule has 0 heterocycles. The van der Waals surface area contributed by atoms with Crippen molar-refractivity contribution in [2.45, 2.75) is 66.0 Å². The number of aryl methyl sites for hydroxylation is 2. The number of ether oxygens (including phenoxy) is 2. The molecule has 2 aliphatic rings. The summed E-state index contributed by atoms with van der Waals surface area (Å²) in [6, 6.07) is 16.1. The molecule has 0 bridgehead atoms. The Morgan fingerprint density at radius 3 is 2.67 bits per heavy atom. The lowest BCUT2D eigenvalue weighted by molar-refractivity contribution is 0.0916. The molecule has 0 aromatic heterocycles. The first-order valence-corrected chi connectivity index (χ1v) is 14.2. The van der Waals surface area contributed by atoms with Gasteiger partial charge in [0.1, 0.15) is 24.7 Å². The molecule has 0 fully saturated rings. The number of hydrogen-bond donors (Lipinski definition) is 0. The maximum absolute atomic E-state index is 13.6. The second kappa shape index (κ2) is 12.0. The highest BCUT2D eigenvalue weighted by molar-refractivity contribution is 6.00. The Bertz CT molecular complexity index is 1480. The number of carbonyl (C=O) groups excluding carboxylic acids is 1. The summed E-state index contributed by atoms with van der Waals surface area (Å²) in [4.78, 5) is 24.7. The zero-order chi connectivity index (χ0) is 28.1. The summed E-state index contributed by atoms with van der Waals surface area (Å²) in [5.74, 6) is 0.962. The standard InChI is InChI=1S/C35H37NO4/c1-4-8-24-13-16-31(33(19-24)39-22-28-11-7-10-25-9-5-6-12-29(25)28)32(37)23-40-34-27(21-36-38)15-14-26-20-35(2,3)18-17-30(26)34/h6-7,10-19H,4-5,8-9,20-23H2,1-3H3. The molecule has 0 N–H and O–H groups in total. The van der Waals surface area contributed by atoms with E-state index in [9.17, 15) is 9.70 Å². The van der Waals surface area contributed by atoms with E-state index in [-0.39, 0.29) is 24.3 Å². The molecule has 40 heavy (non-hydrogen) atoms. The van der Waals surface area contributed by atoms with Crippen LogP contribution in [0.2, 0.25) is 0 Å². The van der Waals surface area contributed by atoms with Crippen LogP contribution in [0.1, 0.15) is 82.9 Å². The van der Waals surface area contributed by atoms with Crippen LogP contribution in [0.25, 0.3) is 12.2 Å². The second-order valence-corrected chi connectivity index (χ2v) is 11.4. The van der Waals surface area contributed by atoms with E-state index in [0.717, 1.165) is 54.4 Å². The van der Waals surface area contributed by atoms with Crippen LogP contribution in [-0.4, -0.2) is 12.4 Å². The first-order chi connectivity index (χ1) is 19.4. The van der Waals surface area contributed by atoms with E-state index in [1.807, 2.05) is 36.4 Å². The molecular weight excluding hydrogens is 498 g/mol. The van der Waals surface area contributed by atoms with Crippen LogP contribution >= 0.6 is 0 Å². The van der Waals surface area contributed by atoms with Gasteiger partial charge in [0.05, 0.1) is 5.56 Å². The van der Waals surface area contributed by atoms with Gasteiger partial charge in [-0.3, -0.25) is 4.79 Å². The Hall–Kier alpha value is -3.99. The Kier molecular flexibility index (Phi) is 8.29. The van der Waals surface area contributed by atoms with Crippen molar-refractivity contribution in [2.75, 3.05) is 6.61 Å². The Labute approximate surface area is 236 Å². The summed E-state index contributed by atoms with van der Waals surface area (Å²) in [7, 11) is 0. The molecule has 0 atom stereocenters. The minimum atomic E-state index is -0.171. The molecule has 0 spiro atoms. The van der Waals surface area contributed by atoms with Gasteiger partial charge in [0.15, 0.2) is 6.61 Å². The van der Waals surface area contributed by atoms with Gasteiger partial charge in [0.25, 0.3) is 0 Å². The molecule has 0 saturated heterocycles. The fraction of sp³-hybridized carbons (Fsp3) is 0.343. The van der Waals surface area contributed by atoms with Crippen molar-refractivity contribution in [1.29, 1.82) is 0 Å². The van der Waals surface area contributed by atoms with Crippen molar-refractivity contribution in [3.05, 3.63) is 110 Å². The van der Waals surface area contributed by atoms with Gasteiger partial charge in [-0.15, -0.1) is 0 Å². The lowest BCUT2D eigenvalue weighted by atomic mass is 9.79. The smallest absolute Gasteiger partial charge is 0.203 e. The topological polar surface area (TPSA) is 65.0 Å². The lowest BCUT2D eigenvalue weighted by Gasteiger charge is -2.27. The van der Waals surface area contributed by atoms with Gasteiger partial charge >= 0.3 is 0 Å². The average molecular weight is 536 g/mol. The molecule has 0 radical (unpaired) electrons. The van der Waals surface area contributed by atoms with Crippen molar-refractivity contribution in [1.82, 2.24) is 0 Å². The molecule has 5 rings (SSSR count). The van der Waals surface area contributed by atoms with Gasteiger partial charge in [-0.1, -0.05) is 93.1 Å². The van der Waals surface area contributed by atoms with Crippen LogP contribution < -0.4 is 9.47 Å². The molecule has 5 nitrogen and oxygen atoms in total. The third-order valence-corrected chi connectivity index (χ3v) is 7.72. The quantitative estimate of drug-likeness (QED) is 0.183. The monoisotopic (exact) mass is 535 g/mol. The van der Waals surface area contributed by atoms with Crippen molar-refractivity contribution >= 4 is 17.9 Å². The van der Waals surface area contributed by atoms with Crippen molar-refractivity contribution < 1.29 is 14.3 Å². The summed E-state index contributed by atoms with van der Waals surface area (Å²) in [6.07, 6.45) is 13.4. The van der Waals surface area contributed by atoms with Crippen molar-refractivity contribution in [3.63, 3.8) is 0 Å². The minimum absolute atomic E-state index is 0.00996. The number of ketones is 1. The van der Waals surface area contributed by atoms with Crippen LogP contribution in [0, 0.1) is 10.3 Å². The van der Waals surface area contributed by atoms with Crippen LogP contribution in [0.4, 0.5) is 0 Å². The summed E-state index contributed by atoms with van der Waals surface area (Å²) >= 11 is 0. The zero-order valence-electron chi connectivity index (χ0n) is 23.7. The van der Waals surface area contributed by atoms with E-state index >= 15 is 0 Å². The summed E-state index contributed by atoms with van der Waals surface area (Å²) in [5.41, 5.74) is 8.07. The van der Waals surface area contributed by atoms with E-state index in [1.165, 1.54) is 11.1 Å². The first kappa shape index (κ1) is 27.6. The predicted molar refractivity (Wildman–Crippen MR) is 161 cm³/mol. The number of benzene rings is 3. The van der Waals surface area contributed by atoms with E-state index < -0.39 is 0 Å². The third kappa shape index (κ3) is 6.09. The molecule has 0 unspecified atom stereocenters. The van der Waals surface area contributed by atoms with Crippen molar-refractivity contribution in [3.8, 4) is 11.5 Å². The Morgan fingerprint density at radius 2 is 1.85 bits per heavy atom. The molecule has 2 aliphatic carbocycles. The fourth-order valence-electron chi connectivity index (χ4n) is 5.64. The highest BCUT2D eigenvalue weighted by Crippen LogP contribution is 2.38. The Morgan fingerprint density at radius 1 is 0.975 bits per heavy atom. The van der Waals surface area contributed by atoms with Gasteiger partial charge in [0, 0.05) is 11.1 Å². The third-order valence-electron chi connectivity index (χ3n) is 7.72. The highest BCUT2D eigenvalue weighted by atomic mass is 16.5. The number of hydrogen-bond acceptors (Lipinski definition) is 5. The van der Waals surface area contributed by atoms with E-state index in [0.29, 0.717) is 29.2 Å². The van der Waals surface area contributed by atoms with E-state index in [2.05, 4.69) is 62.4 Å². The number of nitrogens with zero attached hydrogens (tertiary/aromatic N) is 1. The van der Waals surface area contributed by atoms with E-state index in [4.69, 9.17) is 9.47 Å². The maximum Gasteiger partial charge on any atom is 0.203 e. The highest BCUT2D eigenvalue weighted by Gasteiger charge is 2.25. The van der Waals surface area contributed by atoms with Gasteiger partial charge in [0.2, 0.25) is 5.78 Å². The SMILES string of the molecule is CCCc1ccc(C(=O)COc2c(CN=O)ccc3c2C=CC(C)(C)C3)c(OCc2cccc3c2C=CCC3)c1. The number of nitroso groups, excluding NO2 is 1. The van der Waals surface area contributed by atoms with Gasteiger partial charge in [-0.25, -0.2) is 0 Å². The summed E-state index contributed by atoms with van der Waals surface area (Å²) < 4.78 is 12.5. The summed E-state index contributed by atoms with van der Waals surface area (Å²) in [6.45, 7) is 6.71. The van der Waals surface area contributed by atoms with Crippen molar-refractivity contribution in [2.24, 2.45) is 10.6 Å². The van der Waals surface area contributed by atoms with Gasteiger partial charge in [-0.2, -0.15) is 4.91 Å². The van der Waals surface area contributed by atoms with Crippen LogP contribution in [0.15, 0.2) is 65.9 Å². The van der Waals surface area contributed by atoms with Gasteiger partial charge in [-0.05, 0) is 71.0 Å². The molecule has 0 amide bonds. The van der Waals surface area contributed by atoms with Gasteiger partial charge < -0.3 is 9.47 Å². The average Bonchev–Trinajstić information content (AvgIpc) is 2.95. The van der Waals surface area contributed by atoms with E-state index in [1.54, 1.807) is 0 Å². The molecule has 0 saturated carbocycles. The number of rotatable bonds is 11. The van der Waals surface area contributed by atoms with Crippen LogP contribution in [0.5, 0.6) is 11.5 Å². The fourth-order valence-corrected chi connectivity index (χ4v) is 5.64. The minimum Gasteiger partial charge on any atom is -0.488 e. The largest absolute Gasteiger partial charge is 0.488 e. The molecular formula is C35H37NO4. The number of carbonyl (C=O) groups is 1. The number of Topliss-reactive ketones (excluding diaryl/α,β-unsaturated/α-hetero) is 1. The summed E-state index contributed by atoms with van der Waals surface area (Å²) in [5, 5.41) is 3.09. The number of fused-ring (bicyclic) bond motifs is 2. The molecule has 3 aromatic carbocycles. The molecule has 0 aliphatic heterocycles. The molecule has 206 valence electrons. The zero-order valence-corrected chi connectivity index (χ0v) is 23.7. The predicted octanol–water partition coefficient (Wildman–Crippen LogP) is 8.30. The normalized spacial score (nSPS) is 14.8. The first-order valence-electron chi connectivity index (χ1n) is 14.2. The van der Waals surface area contributed by atoms with Crippen LogP contribution in [-0.2, 0) is 32.4 Å². The molecule has 5 heteroatoms.